The number of benzene rings is 1. The number of hydrogen-bond acceptors (Lipinski definition) is 4. The summed E-state index contributed by atoms with van der Waals surface area (Å²) in [6.45, 7) is 4.01. The fourth-order valence-electron chi connectivity index (χ4n) is 3.36. The van der Waals surface area contributed by atoms with Crippen molar-refractivity contribution in [3.05, 3.63) is 35.4 Å². The molecular formula is C18H20N2O3. The van der Waals surface area contributed by atoms with Crippen LogP contribution in [0.2, 0.25) is 0 Å². The highest BCUT2D eigenvalue weighted by atomic mass is 16.6. The number of hydrogen-bond donors (Lipinski definition) is 0. The molecule has 0 spiro atoms. The van der Waals surface area contributed by atoms with Crippen molar-refractivity contribution in [1.29, 1.82) is 0 Å². The lowest BCUT2D eigenvalue weighted by Gasteiger charge is -2.29. The summed E-state index contributed by atoms with van der Waals surface area (Å²) < 4.78 is 11.1. The van der Waals surface area contributed by atoms with Crippen LogP contribution in [0.25, 0.3) is 10.9 Å². The van der Waals surface area contributed by atoms with E-state index in [0.717, 1.165) is 42.3 Å². The van der Waals surface area contributed by atoms with Crippen LogP contribution in [0, 0.1) is 0 Å². The number of rotatable bonds is 3. The molecule has 120 valence electrons. The Morgan fingerprint density at radius 2 is 2.30 bits per heavy atom. The highest BCUT2D eigenvalue weighted by Crippen LogP contribution is 2.30. The van der Waals surface area contributed by atoms with Crippen LogP contribution < -0.4 is 4.74 Å². The van der Waals surface area contributed by atoms with Crippen LogP contribution in [-0.2, 0) is 17.7 Å². The van der Waals surface area contributed by atoms with Gasteiger partial charge >= 0.3 is 6.09 Å². The average molecular weight is 312 g/mol. The molecule has 1 atom stereocenters. The van der Waals surface area contributed by atoms with Gasteiger partial charge in [0.25, 0.3) is 0 Å². The largest absolute Gasteiger partial charge is 0.416 e. The number of ether oxygens (including phenoxy) is 2. The third kappa shape index (κ3) is 2.65. The van der Waals surface area contributed by atoms with E-state index in [-0.39, 0.29) is 12.2 Å². The number of para-hydroxylation sites is 1. The van der Waals surface area contributed by atoms with E-state index in [0.29, 0.717) is 19.0 Å². The molecule has 5 heteroatoms. The summed E-state index contributed by atoms with van der Waals surface area (Å²) in [6.07, 6.45) is 2.78. The highest BCUT2D eigenvalue weighted by Gasteiger charge is 2.30. The molecule has 3 heterocycles. The smallest absolute Gasteiger partial charge is 0.391 e. The third-order valence-corrected chi connectivity index (χ3v) is 4.60. The Morgan fingerprint density at radius 1 is 1.39 bits per heavy atom. The SMILES string of the molecule is CCc1cccc2cc3c(nc12)OC(=O)N(CC1CCCO1)C3. The first kappa shape index (κ1) is 14.5. The van der Waals surface area contributed by atoms with Crippen molar-refractivity contribution in [3.63, 3.8) is 0 Å². The van der Waals surface area contributed by atoms with E-state index in [4.69, 9.17) is 9.47 Å². The van der Waals surface area contributed by atoms with Crippen LogP contribution in [-0.4, -0.2) is 35.2 Å². The molecule has 0 radical (unpaired) electrons. The van der Waals surface area contributed by atoms with Gasteiger partial charge in [0.2, 0.25) is 5.88 Å². The number of amides is 1. The third-order valence-electron chi connectivity index (χ3n) is 4.60. The van der Waals surface area contributed by atoms with Crippen LogP contribution in [0.3, 0.4) is 0 Å². The Morgan fingerprint density at radius 3 is 3.09 bits per heavy atom. The van der Waals surface area contributed by atoms with E-state index in [1.54, 1.807) is 4.90 Å². The van der Waals surface area contributed by atoms with Crippen molar-refractivity contribution in [2.75, 3.05) is 13.2 Å². The predicted octanol–water partition coefficient (Wildman–Crippen LogP) is 3.29. The van der Waals surface area contributed by atoms with Crippen molar-refractivity contribution in [2.45, 2.75) is 38.8 Å². The summed E-state index contributed by atoms with van der Waals surface area (Å²) in [4.78, 5) is 18.6. The molecule has 4 rings (SSSR count). The minimum Gasteiger partial charge on any atom is -0.391 e. The Bertz CT molecular complexity index is 753. The topological polar surface area (TPSA) is 51.7 Å². The van der Waals surface area contributed by atoms with E-state index in [2.05, 4.69) is 30.1 Å². The number of pyridine rings is 1. The van der Waals surface area contributed by atoms with Crippen LogP contribution in [0.1, 0.15) is 30.9 Å². The highest BCUT2D eigenvalue weighted by molar-refractivity contribution is 5.84. The summed E-state index contributed by atoms with van der Waals surface area (Å²) in [7, 11) is 0. The number of nitrogens with zero attached hydrogens (tertiary/aromatic N) is 2. The van der Waals surface area contributed by atoms with E-state index < -0.39 is 0 Å². The number of carbonyl (C=O) groups excluding carboxylic acids is 1. The number of carbonyl (C=O) groups is 1. The van der Waals surface area contributed by atoms with Crippen LogP contribution >= 0.6 is 0 Å². The Kier molecular flexibility index (Phi) is 3.65. The van der Waals surface area contributed by atoms with E-state index >= 15 is 0 Å². The number of fused-ring (bicyclic) bond motifs is 2. The molecular weight excluding hydrogens is 292 g/mol. The fourth-order valence-corrected chi connectivity index (χ4v) is 3.36. The predicted molar refractivity (Wildman–Crippen MR) is 86.5 cm³/mol. The fraction of sp³-hybridized carbons (Fsp3) is 0.444. The van der Waals surface area contributed by atoms with Crippen molar-refractivity contribution in [2.24, 2.45) is 0 Å². The van der Waals surface area contributed by atoms with Crippen molar-refractivity contribution in [1.82, 2.24) is 9.88 Å². The zero-order chi connectivity index (χ0) is 15.8. The molecule has 0 aliphatic carbocycles. The average Bonchev–Trinajstić information content (AvgIpc) is 3.06. The van der Waals surface area contributed by atoms with Gasteiger partial charge in [-0.1, -0.05) is 25.1 Å². The van der Waals surface area contributed by atoms with Gasteiger partial charge in [0.15, 0.2) is 0 Å². The lowest BCUT2D eigenvalue weighted by molar-refractivity contribution is 0.0641. The first-order valence-corrected chi connectivity index (χ1v) is 8.24. The van der Waals surface area contributed by atoms with Crippen LogP contribution in [0.5, 0.6) is 5.88 Å². The molecule has 2 aromatic rings. The Labute approximate surface area is 135 Å². The lowest BCUT2D eigenvalue weighted by Crippen LogP contribution is -2.41. The maximum absolute atomic E-state index is 12.2. The van der Waals surface area contributed by atoms with E-state index in [1.165, 1.54) is 5.56 Å². The number of aromatic nitrogens is 1. The standard InChI is InChI=1S/C18H20N2O3/c1-2-12-5-3-6-13-9-14-10-20(11-15-7-4-8-22-15)18(21)23-17(14)19-16(12)13/h3,5-6,9,15H,2,4,7-8,10-11H2,1H3. The first-order valence-electron chi connectivity index (χ1n) is 8.24. The zero-order valence-corrected chi connectivity index (χ0v) is 13.2. The van der Waals surface area contributed by atoms with Gasteiger partial charge in [-0.15, -0.1) is 0 Å². The molecule has 1 aromatic carbocycles. The molecule has 23 heavy (non-hydrogen) atoms. The molecule has 1 aromatic heterocycles. The van der Waals surface area contributed by atoms with Gasteiger partial charge in [-0.25, -0.2) is 9.78 Å². The lowest BCUT2D eigenvalue weighted by atomic mass is 10.1. The maximum Gasteiger partial charge on any atom is 0.416 e. The van der Waals surface area contributed by atoms with Crippen molar-refractivity contribution < 1.29 is 14.3 Å². The van der Waals surface area contributed by atoms with Crippen LogP contribution in [0.15, 0.2) is 24.3 Å². The quantitative estimate of drug-likeness (QED) is 0.872. The van der Waals surface area contributed by atoms with Crippen LogP contribution in [0.4, 0.5) is 4.79 Å². The maximum atomic E-state index is 12.2. The minimum absolute atomic E-state index is 0.129. The van der Waals surface area contributed by atoms with Gasteiger partial charge in [0.05, 0.1) is 24.7 Å². The molecule has 2 aliphatic heterocycles. The van der Waals surface area contributed by atoms with E-state index in [1.807, 2.05) is 6.07 Å². The molecule has 1 saturated heterocycles. The second-order valence-corrected chi connectivity index (χ2v) is 6.18. The normalized spacial score (nSPS) is 20.7. The molecule has 5 nitrogen and oxygen atoms in total. The van der Waals surface area contributed by atoms with E-state index in [9.17, 15) is 4.79 Å². The molecule has 1 unspecified atom stereocenters. The van der Waals surface area contributed by atoms with Gasteiger partial charge in [-0.3, -0.25) is 0 Å². The molecule has 1 amide bonds. The molecule has 0 N–H and O–H groups in total. The molecule has 0 bridgehead atoms. The van der Waals surface area contributed by atoms with Crippen molar-refractivity contribution in [3.8, 4) is 5.88 Å². The number of aryl methyl sites for hydroxylation is 1. The second-order valence-electron chi connectivity index (χ2n) is 6.18. The Hall–Kier alpha value is -2.14. The van der Waals surface area contributed by atoms with Gasteiger partial charge in [-0.05, 0) is 30.9 Å². The van der Waals surface area contributed by atoms with Crippen molar-refractivity contribution >= 4 is 17.0 Å². The van der Waals surface area contributed by atoms with Gasteiger partial charge in [0.1, 0.15) is 0 Å². The molecule has 2 aliphatic rings. The van der Waals surface area contributed by atoms with Gasteiger partial charge < -0.3 is 14.4 Å². The summed E-state index contributed by atoms with van der Waals surface area (Å²) in [5.41, 5.74) is 3.06. The Balaban J connectivity index is 1.65. The summed E-state index contributed by atoms with van der Waals surface area (Å²) >= 11 is 0. The molecule has 1 fully saturated rings. The monoisotopic (exact) mass is 312 g/mol. The van der Waals surface area contributed by atoms with Gasteiger partial charge in [0, 0.05) is 17.6 Å². The second kappa shape index (κ2) is 5.81. The summed E-state index contributed by atoms with van der Waals surface area (Å²) in [6, 6.07) is 8.26. The summed E-state index contributed by atoms with van der Waals surface area (Å²) in [5, 5.41) is 1.10. The first-order chi connectivity index (χ1) is 11.2. The van der Waals surface area contributed by atoms with Gasteiger partial charge in [-0.2, -0.15) is 0 Å². The molecule has 0 saturated carbocycles. The summed E-state index contributed by atoms with van der Waals surface area (Å²) in [5.74, 6) is 0.451. The minimum atomic E-state index is -0.325. The zero-order valence-electron chi connectivity index (χ0n) is 13.2.